The normalized spacial score (nSPS) is 17.3. The largest absolute Gasteiger partial charge is 0.371 e. The van der Waals surface area contributed by atoms with Gasteiger partial charge in [0.25, 0.3) is 0 Å². The van der Waals surface area contributed by atoms with Crippen molar-refractivity contribution in [2.24, 2.45) is 0 Å². The third-order valence-electron chi connectivity index (χ3n) is 2.92. The predicted octanol–water partition coefficient (Wildman–Crippen LogP) is 1.75. The number of nitriles is 1. The number of hydrogen-bond donors (Lipinski definition) is 1. The fourth-order valence-corrected chi connectivity index (χ4v) is 2.03. The van der Waals surface area contributed by atoms with Crippen molar-refractivity contribution in [1.82, 2.24) is 5.32 Å². The van der Waals surface area contributed by atoms with E-state index in [1.54, 1.807) is 0 Å². The third-order valence-corrected chi connectivity index (χ3v) is 2.92. The zero-order chi connectivity index (χ0) is 11.2. The minimum atomic E-state index is 0.734. The van der Waals surface area contributed by atoms with Gasteiger partial charge in [-0.05, 0) is 50.2 Å². The average Bonchev–Trinajstić information content (AvgIpc) is 2.29. The van der Waals surface area contributed by atoms with Crippen LogP contribution in [0.4, 0.5) is 5.69 Å². The van der Waals surface area contributed by atoms with E-state index in [2.05, 4.69) is 16.3 Å². The lowest BCUT2D eigenvalue weighted by Crippen LogP contribution is -2.33. The lowest BCUT2D eigenvalue weighted by molar-refractivity contribution is 0.567. The smallest absolute Gasteiger partial charge is 0.0991 e. The van der Waals surface area contributed by atoms with Gasteiger partial charge in [0, 0.05) is 18.8 Å². The highest BCUT2D eigenvalue weighted by Gasteiger charge is 2.08. The van der Waals surface area contributed by atoms with Gasteiger partial charge in [-0.3, -0.25) is 0 Å². The van der Waals surface area contributed by atoms with E-state index in [1.165, 1.54) is 18.5 Å². The van der Waals surface area contributed by atoms with Crippen LogP contribution in [-0.4, -0.2) is 26.2 Å². The maximum Gasteiger partial charge on any atom is 0.0991 e. The molecule has 1 saturated heterocycles. The molecule has 0 atom stereocenters. The van der Waals surface area contributed by atoms with Crippen LogP contribution >= 0.6 is 0 Å². The molecule has 1 aromatic rings. The summed E-state index contributed by atoms with van der Waals surface area (Å²) in [6.45, 7) is 4.40. The first-order chi connectivity index (χ1) is 7.90. The summed E-state index contributed by atoms with van der Waals surface area (Å²) in [4.78, 5) is 2.40. The standard InChI is InChI=1S/C13H17N3/c14-11-12-3-5-13(6-4-12)16-9-1-7-15-8-2-10-16/h3-6,15H,1-2,7-10H2. The van der Waals surface area contributed by atoms with Gasteiger partial charge in [-0.2, -0.15) is 5.26 Å². The predicted molar refractivity (Wildman–Crippen MR) is 65.5 cm³/mol. The maximum atomic E-state index is 8.75. The molecule has 1 aromatic carbocycles. The Morgan fingerprint density at radius 3 is 2.25 bits per heavy atom. The fraction of sp³-hybridized carbons (Fsp3) is 0.462. The van der Waals surface area contributed by atoms with Crippen molar-refractivity contribution in [2.45, 2.75) is 12.8 Å². The molecule has 0 radical (unpaired) electrons. The monoisotopic (exact) mass is 215 g/mol. The van der Waals surface area contributed by atoms with Crippen molar-refractivity contribution in [2.75, 3.05) is 31.1 Å². The number of anilines is 1. The van der Waals surface area contributed by atoms with Gasteiger partial charge in [-0.1, -0.05) is 0 Å². The van der Waals surface area contributed by atoms with Gasteiger partial charge in [0.15, 0.2) is 0 Å². The van der Waals surface area contributed by atoms with Crippen molar-refractivity contribution in [3.8, 4) is 6.07 Å². The van der Waals surface area contributed by atoms with Crippen LogP contribution in [0, 0.1) is 11.3 Å². The Kier molecular flexibility index (Phi) is 3.79. The molecule has 0 aromatic heterocycles. The maximum absolute atomic E-state index is 8.75. The summed E-state index contributed by atoms with van der Waals surface area (Å²) >= 11 is 0. The third kappa shape index (κ3) is 2.74. The van der Waals surface area contributed by atoms with Crippen LogP contribution in [0.2, 0.25) is 0 Å². The second-order valence-corrected chi connectivity index (χ2v) is 4.10. The van der Waals surface area contributed by atoms with Crippen molar-refractivity contribution >= 4 is 5.69 Å². The Morgan fingerprint density at radius 1 is 1.06 bits per heavy atom. The molecule has 3 heteroatoms. The number of hydrogen-bond acceptors (Lipinski definition) is 3. The molecule has 1 heterocycles. The summed E-state index contributed by atoms with van der Waals surface area (Å²) in [5.41, 5.74) is 1.97. The summed E-state index contributed by atoms with van der Waals surface area (Å²) < 4.78 is 0. The molecule has 0 aliphatic carbocycles. The van der Waals surface area contributed by atoms with Gasteiger partial charge in [-0.15, -0.1) is 0 Å². The van der Waals surface area contributed by atoms with Crippen LogP contribution in [0.5, 0.6) is 0 Å². The molecule has 84 valence electrons. The lowest BCUT2D eigenvalue weighted by atomic mass is 10.2. The molecule has 0 spiro atoms. The fourth-order valence-electron chi connectivity index (χ4n) is 2.03. The molecular weight excluding hydrogens is 198 g/mol. The molecule has 16 heavy (non-hydrogen) atoms. The minimum absolute atomic E-state index is 0.734. The molecule has 0 amide bonds. The Bertz CT molecular complexity index is 356. The van der Waals surface area contributed by atoms with Crippen LogP contribution in [0.15, 0.2) is 24.3 Å². The molecular formula is C13H17N3. The summed E-state index contributed by atoms with van der Waals surface area (Å²) in [6.07, 6.45) is 2.36. The van der Waals surface area contributed by atoms with Crippen LogP contribution in [0.25, 0.3) is 0 Å². The van der Waals surface area contributed by atoms with Crippen molar-refractivity contribution in [3.63, 3.8) is 0 Å². The van der Waals surface area contributed by atoms with E-state index in [-0.39, 0.29) is 0 Å². The Morgan fingerprint density at radius 2 is 1.69 bits per heavy atom. The van der Waals surface area contributed by atoms with Gasteiger partial charge in [-0.25, -0.2) is 0 Å². The first-order valence-electron chi connectivity index (χ1n) is 5.86. The Labute approximate surface area is 96.7 Å². The quantitative estimate of drug-likeness (QED) is 0.775. The van der Waals surface area contributed by atoms with E-state index in [9.17, 15) is 0 Å². The second-order valence-electron chi connectivity index (χ2n) is 4.10. The van der Waals surface area contributed by atoms with E-state index in [1.807, 2.05) is 24.3 Å². The van der Waals surface area contributed by atoms with Gasteiger partial charge >= 0.3 is 0 Å². The highest BCUT2D eigenvalue weighted by atomic mass is 15.1. The average molecular weight is 215 g/mol. The highest BCUT2D eigenvalue weighted by Crippen LogP contribution is 2.16. The molecule has 1 fully saturated rings. The van der Waals surface area contributed by atoms with E-state index in [4.69, 9.17) is 5.26 Å². The van der Waals surface area contributed by atoms with Crippen LogP contribution < -0.4 is 10.2 Å². The molecule has 1 N–H and O–H groups in total. The van der Waals surface area contributed by atoms with Crippen molar-refractivity contribution in [1.29, 1.82) is 5.26 Å². The van der Waals surface area contributed by atoms with E-state index in [0.29, 0.717) is 0 Å². The lowest BCUT2D eigenvalue weighted by Gasteiger charge is -2.27. The first-order valence-corrected chi connectivity index (χ1v) is 5.86. The highest BCUT2D eigenvalue weighted by molar-refractivity contribution is 5.49. The van der Waals surface area contributed by atoms with E-state index >= 15 is 0 Å². The summed E-state index contributed by atoms with van der Waals surface area (Å²) in [5.74, 6) is 0. The van der Waals surface area contributed by atoms with E-state index < -0.39 is 0 Å². The molecule has 2 rings (SSSR count). The number of benzene rings is 1. The van der Waals surface area contributed by atoms with Gasteiger partial charge in [0.2, 0.25) is 0 Å². The SMILES string of the molecule is N#Cc1ccc(N2CCCNCCC2)cc1. The zero-order valence-electron chi connectivity index (χ0n) is 9.45. The minimum Gasteiger partial charge on any atom is -0.371 e. The van der Waals surface area contributed by atoms with Gasteiger partial charge in [0.1, 0.15) is 0 Å². The zero-order valence-corrected chi connectivity index (χ0v) is 9.45. The van der Waals surface area contributed by atoms with Gasteiger partial charge in [0.05, 0.1) is 11.6 Å². The van der Waals surface area contributed by atoms with Crippen molar-refractivity contribution < 1.29 is 0 Å². The Hall–Kier alpha value is -1.53. The van der Waals surface area contributed by atoms with Crippen molar-refractivity contribution in [3.05, 3.63) is 29.8 Å². The summed E-state index contributed by atoms with van der Waals surface area (Å²) in [6, 6.07) is 10.0. The van der Waals surface area contributed by atoms with Crippen LogP contribution in [0.1, 0.15) is 18.4 Å². The van der Waals surface area contributed by atoms with E-state index in [0.717, 1.165) is 31.7 Å². The first kappa shape index (κ1) is 11.0. The summed E-state index contributed by atoms with van der Waals surface area (Å²) in [5, 5.41) is 12.2. The topological polar surface area (TPSA) is 39.1 Å². The molecule has 0 saturated carbocycles. The number of nitrogens with one attached hydrogen (secondary N) is 1. The molecule has 0 unspecified atom stereocenters. The Balaban J connectivity index is 2.06. The molecule has 1 aliphatic heterocycles. The number of nitrogens with zero attached hydrogens (tertiary/aromatic N) is 2. The van der Waals surface area contributed by atoms with Crippen LogP contribution in [0.3, 0.4) is 0 Å². The van der Waals surface area contributed by atoms with Gasteiger partial charge < -0.3 is 10.2 Å². The molecule has 1 aliphatic rings. The van der Waals surface area contributed by atoms with Crippen LogP contribution in [-0.2, 0) is 0 Å². The number of rotatable bonds is 1. The molecule has 0 bridgehead atoms. The second kappa shape index (κ2) is 5.53. The molecule has 3 nitrogen and oxygen atoms in total. The summed E-state index contributed by atoms with van der Waals surface area (Å²) in [7, 11) is 0.